The minimum Gasteiger partial charge on any atom is -0.508 e. The van der Waals surface area contributed by atoms with Gasteiger partial charge in [-0.2, -0.15) is 0 Å². The summed E-state index contributed by atoms with van der Waals surface area (Å²) < 4.78 is 5.20. The van der Waals surface area contributed by atoms with Gasteiger partial charge in [-0.1, -0.05) is 12.8 Å². The molecular formula is C15H23NO2. The highest BCUT2D eigenvalue weighted by molar-refractivity contribution is 5.41. The highest BCUT2D eigenvalue weighted by Gasteiger charge is 2.17. The highest BCUT2D eigenvalue weighted by atomic mass is 16.5. The van der Waals surface area contributed by atoms with Gasteiger partial charge >= 0.3 is 0 Å². The van der Waals surface area contributed by atoms with E-state index in [1.807, 2.05) is 6.07 Å². The summed E-state index contributed by atoms with van der Waals surface area (Å²) in [4.78, 5) is 0. The van der Waals surface area contributed by atoms with Crippen LogP contribution >= 0.6 is 0 Å². The molecule has 0 aromatic heterocycles. The lowest BCUT2D eigenvalue weighted by molar-refractivity contribution is 0.403. The van der Waals surface area contributed by atoms with Gasteiger partial charge in [-0.05, 0) is 50.4 Å². The van der Waals surface area contributed by atoms with Crippen LogP contribution in [-0.4, -0.2) is 18.8 Å². The Morgan fingerprint density at radius 3 is 2.78 bits per heavy atom. The summed E-state index contributed by atoms with van der Waals surface area (Å²) in [7, 11) is 1.65. The number of ether oxygens (including phenoxy) is 1. The average molecular weight is 249 g/mol. The number of hydrogen-bond acceptors (Lipinski definition) is 3. The predicted molar refractivity (Wildman–Crippen MR) is 73.0 cm³/mol. The van der Waals surface area contributed by atoms with Crippen molar-refractivity contribution in [3.63, 3.8) is 0 Å². The summed E-state index contributed by atoms with van der Waals surface area (Å²) in [6, 6.07) is 5.53. The van der Waals surface area contributed by atoms with Gasteiger partial charge < -0.3 is 15.2 Å². The number of benzene rings is 1. The van der Waals surface area contributed by atoms with Crippen LogP contribution in [0.4, 0.5) is 0 Å². The van der Waals surface area contributed by atoms with Gasteiger partial charge in [0.25, 0.3) is 0 Å². The minimum absolute atomic E-state index is 0.153. The maximum absolute atomic E-state index is 9.90. The zero-order chi connectivity index (χ0) is 13.0. The number of methoxy groups -OCH3 is 1. The molecule has 1 saturated carbocycles. The van der Waals surface area contributed by atoms with Gasteiger partial charge in [0.15, 0.2) is 0 Å². The van der Waals surface area contributed by atoms with E-state index < -0.39 is 0 Å². The molecule has 0 saturated heterocycles. The van der Waals surface area contributed by atoms with E-state index in [9.17, 15) is 5.11 Å². The van der Waals surface area contributed by atoms with Crippen LogP contribution in [0.25, 0.3) is 0 Å². The molecule has 1 aromatic carbocycles. The number of phenols is 1. The molecule has 1 atom stereocenters. The maximum atomic E-state index is 9.90. The summed E-state index contributed by atoms with van der Waals surface area (Å²) in [6.07, 6.45) is 5.41. The largest absolute Gasteiger partial charge is 0.508 e. The number of phenolic OH excluding ortho intramolecular Hbond substituents is 1. The Labute approximate surface area is 109 Å². The minimum atomic E-state index is 0.153. The van der Waals surface area contributed by atoms with Crippen LogP contribution in [0.1, 0.15) is 44.2 Å². The van der Waals surface area contributed by atoms with Crippen molar-refractivity contribution in [3.8, 4) is 11.5 Å². The normalized spacial score (nSPS) is 17.9. The highest BCUT2D eigenvalue weighted by Crippen LogP contribution is 2.29. The SMILES string of the molecule is COc1ccc(O)c(C(C)NCC2CCCC2)c1. The Kier molecular flexibility index (Phi) is 4.48. The van der Waals surface area contributed by atoms with Crippen LogP contribution in [0.3, 0.4) is 0 Å². The number of hydrogen-bond donors (Lipinski definition) is 2. The third-order valence-corrected chi connectivity index (χ3v) is 3.89. The molecule has 0 radical (unpaired) electrons. The van der Waals surface area contributed by atoms with Gasteiger partial charge in [-0.15, -0.1) is 0 Å². The second kappa shape index (κ2) is 6.10. The summed E-state index contributed by atoms with van der Waals surface area (Å²) in [5, 5.41) is 13.4. The Morgan fingerprint density at radius 1 is 1.39 bits per heavy atom. The topological polar surface area (TPSA) is 41.5 Å². The van der Waals surface area contributed by atoms with Crippen molar-refractivity contribution in [1.82, 2.24) is 5.32 Å². The first kappa shape index (κ1) is 13.2. The zero-order valence-corrected chi connectivity index (χ0v) is 11.3. The molecular weight excluding hydrogens is 226 g/mol. The van der Waals surface area contributed by atoms with E-state index >= 15 is 0 Å². The standard InChI is InChI=1S/C15H23NO2/c1-11(16-10-12-5-3-4-6-12)14-9-13(18-2)7-8-15(14)17/h7-9,11-12,16-17H,3-6,10H2,1-2H3. The van der Waals surface area contributed by atoms with Crippen LogP contribution in [0, 0.1) is 5.92 Å². The first-order chi connectivity index (χ1) is 8.70. The zero-order valence-electron chi connectivity index (χ0n) is 11.3. The molecule has 1 fully saturated rings. The Hall–Kier alpha value is -1.22. The van der Waals surface area contributed by atoms with E-state index in [0.717, 1.165) is 23.8 Å². The van der Waals surface area contributed by atoms with Crippen molar-refractivity contribution in [2.75, 3.05) is 13.7 Å². The molecule has 2 N–H and O–H groups in total. The molecule has 100 valence electrons. The van der Waals surface area contributed by atoms with E-state index in [0.29, 0.717) is 5.75 Å². The Bertz CT molecular complexity index is 386. The molecule has 1 unspecified atom stereocenters. The monoisotopic (exact) mass is 249 g/mol. The van der Waals surface area contributed by atoms with Gasteiger partial charge in [0.1, 0.15) is 11.5 Å². The molecule has 0 amide bonds. The van der Waals surface area contributed by atoms with E-state index in [-0.39, 0.29) is 6.04 Å². The molecule has 18 heavy (non-hydrogen) atoms. The molecule has 0 heterocycles. The molecule has 0 aliphatic heterocycles. The number of nitrogens with one attached hydrogen (secondary N) is 1. The molecule has 1 aliphatic rings. The fourth-order valence-corrected chi connectivity index (χ4v) is 2.67. The van der Waals surface area contributed by atoms with Crippen molar-refractivity contribution >= 4 is 0 Å². The van der Waals surface area contributed by atoms with Crippen molar-refractivity contribution in [3.05, 3.63) is 23.8 Å². The van der Waals surface area contributed by atoms with Crippen molar-refractivity contribution < 1.29 is 9.84 Å². The van der Waals surface area contributed by atoms with Crippen LogP contribution < -0.4 is 10.1 Å². The summed E-state index contributed by atoms with van der Waals surface area (Å²) >= 11 is 0. The quantitative estimate of drug-likeness (QED) is 0.841. The predicted octanol–water partition coefficient (Wildman–Crippen LogP) is 3.24. The molecule has 3 nitrogen and oxygen atoms in total. The molecule has 1 aromatic rings. The van der Waals surface area contributed by atoms with Gasteiger partial charge in [-0.3, -0.25) is 0 Å². The number of rotatable bonds is 5. The van der Waals surface area contributed by atoms with E-state index in [4.69, 9.17) is 4.74 Å². The molecule has 1 aliphatic carbocycles. The summed E-state index contributed by atoms with van der Waals surface area (Å²) in [5.74, 6) is 1.93. The van der Waals surface area contributed by atoms with Crippen LogP contribution in [0.2, 0.25) is 0 Å². The average Bonchev–Trinajstić information content (AvgIpc) is 2.89. The van der Waals surface area contributed by atoms with Crippen LogP contribution in [0.5, 0.6) is 11.5 Å². The van der Waals surface area contributed by atoms with E-state index in [1.165, 1.54) is 25.7 Å². The van der Waals surface area contributed by atoms with Crippen LogP contribution in [-0.2, 0) is 0 Å². The molecule has 2 rings (SSSR count). The molecule has 3 heteroatoms. The lowest BCUT2D eigenvalue weighted by Gasteiger charge is -2.19. The lowest BCUT2D eigenvalue weighted by atomic mass is 10.0. The van der Waals surface area contributed by atoms with E-state index in [2.05, 4.69) is 12.2 Å². The summed E-state index contributed by atoms with van der Waals surface area (Å²) in [5.41, 5.74) is 0.910. The van der Waals surface area contributed by atoms with Crippen LogP contribution in [0.15, 0.2) is 18.2 Å². The Balaban J connectivity index is 1.96. The smallest absolute Gasteiger partial charge is 0.120 e. The van der Waals surface area contributed by atoms with Gasteiger partial charge in [0.2, 0.25) is 0 Å². The second-order valence-corrected chi connectivity index (χ2v) is 5.21. The van der Waals surface area contributed by atoms with E-state index in [1.54, 1.807) is 19.2 Å². The van der Waals surface area contributed by atoms with Gasteiger partial charge in [0.05, 0.1) is 7.11 Å². The van der Waals surface area contributed by atoms with Gasteiger partial charge in [-0.25, -0.2) is 0 Å². The first-order valence-corrected chi connectivity index (χ1v) is 6.81. The Morgan fingerprint density at radius 2 is 2.11 bits per heavy atom. The number of aromatic hydroxyl groups is 1. The fraction of sp³-hybridized carbons (Fsp3) is 0.600. The first-order valence-electron chi connectivity index (χ1n) is 6.81. The third-order valence-electron chi connectivity index (χ3n) is 3.89. The molecule has 0 bridgehead atoms. The maximum Gasteiger partial charge on any atom is 0.120 e. The second-order valence-electron chi connectivity index (χ2n) is 5.21. The fourth-order valence-electron chi connectivity index (χ4n) is 2.67. The molecule has 0 spiro atoms. The summed E-state index contributed by atoms with van der Waals surface area (Å²) in [6.45, 7) is 3.13. The van der Waals surface area contributed by atoms with Crippen molar-refractivity contribution in [1.29, 1.82) is 0 Å². The lowest BCUT2D eigenvalue weighted by Crippen LogP contribution is -2.24. The van der Waals surface area contributed by atoms with Crippen molar-refractivity contribution in [2.45, 2.75) is 38.6 Å². The third kappa shape index (κ3) is 3.16. The van der Waals surface area contributed by atoms with Crippen molar-refractivity contribution in [2.24, 2.45) is 5.92 Å². The van der Waals surface area contributed by atoms with Gasteiger partial charge in [0, 0.05) is 11.6 Å².